The Morgan fingerprint density at radius 1 is 1.07 bits per heavy atom. The van der Waals surface area contributed by atoms with Crippen LogP contribution in [0, 0.1) is 23.2 Å². The topological polar surface area (TPSA) is 32.3 Å². The summed E-state index contributed by atoms with van der Waals surface area (Å²) in [7, 11) is 0. The summed E-state index contributed by atoms with van der Waals surface area (Å²) in [4.78, 5) is 17.5. The number of thiophene rings is 1. The first kappa shape index (κ1) is 18.2. The van der Waals surface area contributed by atoms with Crippen LogP contribution in [0.3, 0.4) is 0 Å². The second-order valence-corrected chi connectivity index (χ2v) is 10.9. The van der Waals surface area contributed by atoms with Crippen LogP contribution in [0.5, 0.6) is 0 Å². The molecule has 6 rings (SSSR count). The van der Waals surface area contributed by atoms with Gasteiger partial charge in [-0.3, -0.25) is 9.69 Å². The van der Waals surface area contributed by atoms with E-state index in [0.29, 0.717) is 11.9 Å². The van der Waals surface area contributed by atoms with E-state index in [1.165, 1.54) is 82.2 Å². The molecule has 4 heteroatoms. The first-order valence-corrected chi connectivity index (χ1v) is 12.2. The van der Waals surface area contributed by atoms with E-state index in [1.54, 1.807) is 0 Å². The average molecular weight is 387 g/mol. The van der Waals surface area contributed by atoms with E-state index in [-0.39, 0.29) is 5.41 Å². The first-order chi connectivity index (χ1) is 13.2. The van der Waals surface area contributed by atoms with Crippen LogP contribution in [-0.2, 0) is 4.79 Å². The first-order valence-electron chi connectivity index (χ1n) is 11.3. The van der Waals surface area contributed by atoms with Crippen molar-refractivity contribution in [2.75, 3.05) is 19.6 Å². The maximum Gasteiger partial charge on any atom is 0.226 e. The standard InChI is InChI=1S/C23H34N2OS/c26-22(23-13-17-10-18(14-23)12-19(11-17)15-23)24-16-20(21-6-5-9-27-21)25-7-3-1-2-4-8-25/h5-6,9,17-20H,1-4,7-8,10-16H2,(H,24,26). The minimum absolute atomic E-state index is 0.0203. The van der Waals surface area contributed by atoms with Crippen LogP contribution < -0.4 is 5.32 Å². The van der Waals surface area contributed by atoms with Crippen molar-refractivity contribution in [2.45, 2.75) is 70.3 Å². The van der Waals surface area contributed by atoms with Crippen LogP contribution in [-0.4, -0.2) is 30.4 Å². The molecular weight excluding hydrogens is 352 g/mol. The van der Waals surface area contributed by atoms with Crippen molar-refractivity contribution in [3.8, 4) is 0 Å². The molecule has 5 aliphatic rings. The summed E-state index contributed by atoms with van der Waals surface area (Å²) in [5.74, 6) is 2.89. The molecule has 5 fully saturated rings. The summed E-state index contributed by atoms with van der Waals surface area (Å²) in [6, 6.07) is 4.78. The normalized spacial score (nSPS) is 37.1. The molecule has 3 nitrogen and oxygen atoms in total. The van der Waals surface area contributed by atoms with E-state index >= 15 is 0 Å². The molecule has 1 amide bonds. The molecule has 1 unspecified atom stereocenters. The van der Waals surface area contributed by atoms with Gasteiger partial charge in [0.1, 0.15) is 0 Å². The van der Waals surface area contributed by atoms with Gasteiger partial charge in [0.25, 0.3) is 0 Å². The smallest absolute Gasteiger partial charge is 0.226 e. The van der Waals surface area contributed by atoms with Crippen molar-refractivity contribution in [3.05, 3.63) is 22.4 Å². The zero-order valence-electron chi connectivity index (χ0n) is 16.5. The van der Waals surface area contributed by atoms with E-state index in [0.717, 1.165) is 24.3 Å². The minimum Gasteiger partial charge on any atom is -0.354 e. The lowest BCUT2D eigenvalue weighted by Gasteiger charge is -2.55. The van der Waals surface area contributed by atoms with Gasteiger partial charge in [-0.25, -0.2) is 0 Å². The molecule has 1 saturated heterocycles. The number of hydrogen-bond acceptors (Lipinski definition) is 3. The third-order valence-electron chi connectivity index (χ3n) is 7.93. The summed E-state index contributed by atoms with van der Waals surface area (Å²) in [5.41, 5.74) is -0.0203. The van der Waals surface area contributed by atoms with E-state index in [9.17, 15) is 4.79 Å². The minimum atomic E-state index is -0.0203. The van der Waals surface area contributed by atoms with Gasteiger partial charge in [0.15, 0.2) is 0 Å². The summed E-state index contributed by atoms with van der Waals surface area (Å²) < 4.78 is 0. The van der Waals surface area contributed by atoms with Crippen molar-refractivity contribution >= 4 is 17.2 Å². The van der Waals surface area contributed by atoms with Gasteiger partial charge in [-0.15, -0.1) is 11.3 Å². The molecule has 1 aromatic rings. The lowest BCUT2D eigenvalue weighted by atomic mass is 9.49. The average Bonchev–Trinajstić information content (AvgIpc) is 3.03. The number of nitrogens with one attached hydrogen (secondary N) is 1. The van der Waals surface area contributed by atoms with Crippen LogP contribution in [0.1, 0.15) is 75.1 Å². The fraction of sp³-hybridized carbons (Fsp3) is 0.783. The Kier molecular flexibility index (Phi) is 5.06. The SMILES string of the molecule is O=C(NCC(c1cccs1)N1CCCCCC1)C12CC3CC(CC(C3)C1)C2. The van der Waals surface area contributed by atoms with Crippen LogP contribution in [0.2, 0.25) is 0 Å². The lowest BCUT2D eigenvalue weighted by Crippen LogP contribution is -2.54. The number of likely N-dealkylation sites (tertiary alicyclic amines) is 1. The van der Waals surface area contributed by atoms with E-state index in [1.807, 2.05) is 11.3 Å². The van der Waals surface area contributed by atoms with Gasteiger partial charge < -0.3 is 5.32 Å². The van der Waals surface area contributed by atoms with Crippen molar-refractivity contribution in [3.63, 3.8) is 0 Å². The summed E-state index contributed by atoms with van der Waals surface area (Å²) >= 11 is 1.85. The Hall–Kier alpha value is -0.870. The van der Waals surface area contributed by atoms with E-state index < -0.39 is 0 Å². The second-order valence-electron chi connectivity index (χ2n) is 9.89. The van der Waals surface area contributed by atoms with Crippen molar-refractivity contribution in [1.29, 1.82) is 0 Å². The Labute approximate surface area is 167 Å². The van der Waals surface area contributed by atoms with Crippen molar-refractivity contribution in [2.24, 2.45) is 23.2 Å². The van der Waals surface area contributed by atoms with Crippen LogP contribution in [0.15, 0.2) is 17.5 Å². The van der Waals surface area contributed by atoms with Gasteiger partial charge >= 0.3 is 0 Å². The molecule has 0 aromatic carbocycles. The highest BCUT2D eigenvalue weighted by atomic mass is 32.1. The van der Waals surface area contributed by atoms with Gasteiger partial charge in [0.2, 0.25) is 5.91 Å². The zero-order valence-corrected chi connectivity index (χ0v) is 17.3. The van der Waals surface area contributed by atoms with Crippen LogP contribution >= 0.6 is 11.3 Å². The van der Waals surface area contributed by atoms with Gasteiger partial charge in [0.05, 0.1) is 6.04 Å². The Morgan fingerprint density at radius 2 is 1.70 bits per heavy atom. The molecule has 4 bridgehead atoms. The fourth-order valence-electron chi connectivity index (χ4n) is 7.06. The van der Waals surface area contributed by atoms with E-state index in [2.05, 4.69) is 27.7 Å². The molecule has 148 valence electrons. The fourth-order valence-corrected chi connectivity index (χ4v) is 7.92. The summed E-state index contributed by atoms with van der Waals surface area (Å²) in [6.07, 6.45) is 13.0. The lowest BCUT2D eigenvalue weighted by molar-refractivity contribution is -0.146. The molecule has 27 heavy (non-hydrogen) atoms. The molecule has 4 aliphatic carbocycles. The van der Waals surface area contributed by atoms with Crippen LogP contribution in [0.4, 0.5) is 0 Å². The van der Waals surface area contributed by atoms with Gasteiger partial charge in [-0.05, 0) is 93.7 Å². The van der Waals surface area contributed by atoms with Crippen molar-refractivity contribution in [1.82, 2.24) is 10.2 Å². The Balaban J connectivity index is 1.28. The van der Waals surface area contributed by atoms with Crippen molar-refractivity contribution < 1.29 is 4.79 Å². The largest absolute Gasteiger partial charge is 0.354 e. The maximum atomic E-state index is 13.4. The van der Waals surface area contributed by atoms with Gasteiger partial charge in [0, 0.05) is 16.8 Å². The molecular formula is C23H34N2OS. The van der Waals surface area contributed by atoms with Gasteiger partial charge in [-0.1, -0.05) is 18.9 Å². The van der Waals surface area contributed by atoms with Gasteiger partial charge in [-0.2, -0.15) is 0 Å². The molecule has 1 aromatic heterocycles. The second kappa shape index (κ2) is 7.51. The molecule has 0 spiro atoms. The number of rotatable bonds is 5. The highest BCUT2D eigenvalue weighted by Gasteiger charge is 2.54. The Bertz CT molecular complexity index is 612. The number of amides is 1. The monoisotopic (exact) mass is 386 g/mol. The third kappa shape index (κ3) is 3.60. The Morgan fingerprint density at radius 3 is 2.26 bits per heavy atom. The van der Waals surface area contributed by atoms with Crippen LogP contribution in [0.25, 0.3) is 0 Å². The molecule has 4 saturated carbocycles. The predicted octanol–water partition coefficient (Wildman–Crippen LogP) is 5.00. The third-order valence-corrected chi connectivity index (χ3v) is 8.90. The number of hydrogen-bond donors (Lipinski definition) is 1. The zero-order chi connectivity index (χ0) is 18.3. The highest BCUT2D eigenvalue weighted by molar-refractivity contribution is 7.10. The molecule has 2 heterocycles. The number of carbonyl (C=O) groups is 1. The quantitative estimate of drug-likeness (QED) is 0.772. The molecule has 1 aliphatic heterocycles. The van der Waals surface area contributed by atoms with E-state index in [4.69, 9.17) is 0 Å². The molecule has 1 atom stereocenters. The molecule has 1 N–H and O–H groups in total. The summed E-state index contributed by atoms with van der Waals surface area (Å²) in [5, 5.41) is 5.65. The predicted molar refractivity (Wildman–Crippen MR) is 111 cm³/mol. The number of carbonyl (C=O) groups excluding carboxylic acids is 1. The maximum absolute atomic E-state index is 13.4. The highest BCUT2D eigenvalue weighted by Crippen LogP contribution is 2.60. The number of nitrogens with zero attached hydrogens (tertiary/aromatic N) is 1. The molecule has 0 radical (unpaired) electrons. The summed E-state index contributed by atoms with van der Waals surface area (Å²) in [6.45, 7) is 3.15.